The summed E-state index contributed by atoms with van der Waals surface area (Å²) in [6.45, 7) is 1.74. The lowest BCUT2D eigenvalue weighted by Crippen LogP contribution is -2.16. The van der Waals surface area contributed by atoms with Crippen LogP contribution in [-0.2, 0) is 13.2 Å². The van der Waals surface area contributed by atoms with Crippen molar-refractivity contribution in [2.45, 2.75) is 45.3 Å². The van der Waals surface area contributed by atoms with E-state index in [2.05, 4.69) is 11.4 Å². The van der Waals surface area contributed by atoms with Crippen LogP contribution in [0.25, 0.3) is 0 Å². The Labute approximate surface area is 183 Å². The Morgan fingerprint density at radius 3 is 2.72 bits per heavy atom. The smallest absolute Gasteiger partial charge is 0.180 e. The number of ether oxygens (including phenoxy) is 2. The summed E-state index contributed by atoms with van der Waals surface area (Å²) in [6, 6.07) is 10.3. The van der Waals surface area contributed by atoms with Gasteiger partial charge >= 0.3 is 0 Å². The topological polar surface area (TPSA) is 30.5 Å². The zero-order chi connectivity index (χ0) is 19.8. The molecule has 0 saturated heterocycles. The molecular weight excluding hydrogens is 412 g/mol. The standard InChI is InChI=1S/C23H27ClFNO2.ClH/c1-27-22-14-18(15-26-12-11-17-7-3-2-4-8-17)13-20(24)23(22)28-16-19-9-5-6-10-21(19)25;/h5-7,9-10,13-14,26H,2-4,8,11-12,15-16H2,1H3;1H. The van der Waals surface area contributed by atoms with Gasteiger partial charge in [0.1, 0.15) is 12.4 Å². The number of halogens is 3. The van der Waals surface area contributed by atoms with Crippen molar-refractivity contribution in [3.05, 3.63) is 70.0 Å². The van der Waals surface area contributed by atoms with Crippen LogP contribution < -0.4 is 14.8 Å². The first-order chi connectivity index (χ1) is 13.7. The molecule has 6 heteroatoms. The maximum absolute atomic E-state index is 13.8. The molecule has 1 N–H and O–H groups in total. The van der Waals surface area contributed by atoms with E-state index >= 15 is 0 Å². The molecule has 0 spiro atoms. The molecule has 0 heterocycles. The van der Waals surface area contributed by atoms with E-state index in [4.69, 9.17) is 21.1 Å². The lowest BCUT2D eigenvalue weighted by molar-refractivity contribution is 0.279. The van der Waals surface area contributed by atoms with Gasteiger partial charge in [-0.3, -0.25) is 0 Å². The first-order valence-electron chi connectivity index (χ1n) is 9.78. The van der Waals surface area contributed by atoms with E-state index < -0.39 is 0 Å². The number of hydrogen-bond acceptors (Lipinski definition) is 3. The minimum absolute atomic E-state index is 0. The highest BCUT2D eigenvalue weighted by atomic mass is 35.5. The third-order valence-corrected chi connectivity index (χ3v) is 5.24. The van der Waals surface area contributed by atoms with Crippen LogP contribution in [-0.4, -0.2) is 13.7 Å². The number of nitrogens with one attached hydrogen (secondary N) is 1. The Bertz CT molecular complexity index is 827. The van der Waals surface area contributed by atoms with Gasteiger partial charge in [0.05, 0.1) is 12.1 Å². The molecule has 1 aliphatic carbocycles. The van der Waals surface area contributed by atoms with Crippen LogP contribution in [0.5, 0.6) is 11.5 Å². The van der Waals surface area contributed by atoms with Gasteiger partial charge in [-0.05, 0) is 62.4 Å². The first kappa shape index (κ1) is 23.5. The van der Waals surface area contributed by atoms with Crippen molar-refractivity contribution in [1.29, 1.82) is 0 Å². The van der Waals surface area contributed by atoms with Crippen LogP contribution >= 0.6 is 24.0 Å². The zero-order valence-corrected chi connectivity index (χ0v) is 18.3. The van der Waals surface area contributed by atoms with Crippen molar-refractivity contribution in [3.8, 4) is 11.5 Å². The Morgan fingerprint density at radius 2 is 2.00 bits per heavy atom. The summed E-state index contributed by atoms with van der Waals surface area (Å²) >= 11 is 6.42. The molecule has 0 fully saturated rings. The summed E-state index contributed by atoms with van der Waals surface area (Å²) in [5.74, 6) is 0.686. The van der Waals surface area contributed by atoms with Crippen molar-refractivity contribution >= 4 is 24.0 Å². The van der Waals surface area contributed by atoms with E-state index in [1.165, 1.54) is 31.7 Å². The van der Waals surface area contributed by atoms with Gasteiger partial charge in [-0.2, -0.15) is 0 Å². The Hall–Kier alpha value is -1.75. The third kappa shape index (κ3) is 6.91. The molecule has 3 nitrogen and oxygen atoms in total. The number of benzene rings is 2. The van der Waals surface area contributed by atoms with Crippen molar-refractivity contribution in [1.82, 2.24) is 5.32 Å². The molecule has 3 rings (SSSR count). The maximum Gasteiger partial charge on any atom is 0.180 e. The van der Waals surface area contributed by atoms with Crippen LogP contribution in [0.15, 0.2) is 48.0 Å². The molecule has 0 saturated carbocycles. The summed E-state index contributed by atoms with van der Waals surface area (Å²) in [5, 5.41) is 3.93. The van der Waals surface area contributed by atoms with E-state index in [-0.39, 0.29) is 24.8 Å². The molecule has 0 aromatic heterocycles. The fraction of sp³-hybridized carbons (Fsp3) is 0.391. The quantitative estimate of drug-likeness (QED) is 0.358. The van der Waals surface area contributed by atoms with Gasteiger partial charge in [-0.15, -0.1) is 12.4 Å². The van der Waals surface area contributed by atoms with Crippen LogP contribution in [0.4, 0.5) is 4.39 Å². The van der Waals surface area contributed by atoms with Gasteiger partial charge in [0.15, 0.2) is 11.5 Å². The number of methoxy groups -OCH3 is 1. The SMILES string of the molecule is COc1cc(CNCCC2=CCCCC2)cc(Cl)c1OCc1ccccc1F.Cl. The summed E-state index contributed by atoms with van der Waals surface area (Å²) < 4.78 is 25.0. The fourth-order valence-electron chi connectivity index (χ4n) is 3.39. The van der Waals surface area contributed by atoms with Gasteiger partial charge < -0.3 is 14.8 Å². The average molecular weight is 440 g/mol. The molecule has 2 aromatic rings. The summed E-state index contributed by atoms with van der Waals surface area (Å²) in [4.78, 5) is 0. The third-order valence-electron chi connectivity index (χ3n) is 4.96. The monoisotopic (exact) mass is 439 g/mol. The van der Waals surface area contributed by atoms with Gasteiger partial charge in [0.25, 0.3) is 0 Å². The van der Waals surface area contributed by atoms with E-state index in [1.54, 1.807) is 30.9 Å². The molecule has 29 heavy (non-hydrogen) atoms. The minimum atomic E-state index is -0.300. The van der Waals surface area contributed by atoms with E-state index in [0.29, 0.717) is 28.6 Å². The molecule has 0 unspecified atom stereocenters. The average Bonchev–Trinajstić information content (AvgIpc) is 2.72. The molecule has 158 valence electrons. The van der Waals surface area contributed by atoms with Crippen LogP contribution in [0.1, 0.15) is 43.2 Å². The molecule has 0 atom stereocenters. The first-order valence-corrected chi connectivity index (χ1v) is 10.2. The highest BCUT2D eigenvalue weighted by Gasteiger charge is 2.13. The fourth-order valence-corrected chi connectivity index (χ4v) is 3.68. The lowest BCUT2D eigenvalue weighted by Gasteiger charge is -2.15. The lowest BCUT2D eigenvalue weighted by atomic mass is 9.97. The predicted octanol–water partition coefficient (Wildman–Crippen LogP) is 6.47. The molecule has 0 amide bonds. The van der Waals surface area contributed by atoms with Crippen molar-refractivity contribution < 1.29 is 13.9 Å². The Kier molecular flexibility index (Phi) is 9.79. The second-order valence-corrected chi connectivity index (χ2v) is 7.43. The van der Waals surface area contributed by atoms with Crippen LogP contribution in [0.2, 0.25) is 5.02 Å². The predicted molar refractivity (Wildman–Crippen MR) is 119 cm³/mol. The zero-order valence-electron chi connectivity index (χ0n) is 16.7. The number of rotatable bonds is 9. The molecular formula is C23H28Cl2FNO2. The normalized spacial score (nSPS) is 13.4. The second kappa shape index (κ2) is 12.1. The highest BCUT2D eigenvalue weighted by Crippen LogP contribution is 2.37. The van der Waals surface area contributed by atoms with Gasteiger partial charge in [0.2, 0.25) is 0 Å². The van der Waals surface area contributed by atoms with E-state index in [9.17, 15) is 4.39 Å². The summed E-state index contributed by atoms with van der Waals surface area (Å²) in [5.41, 5.74) is 3.06. The summed E-state index contributed by atoms with van der Waals surface area (Å²) in [7, 11) is 1.58. The van der Waals surface area contributed by atoms with Crippen molar-refractivity contribution in [2.75, 3.05) is 13.7 Å². The molecule has 1 aliphatic rings. The van der Waals surface area contributed by atoms with Gasteiger partial charge in [-0.1, -0.05) is 41.4 Å². The molecule has 2 aromatic carbocycles. The van der Waals surface area contributed by atoms with Gasteiger partial charge in [0, 0.05) is 12.1 Å². The van der Waals surface area contributed by atoms with Crippen molar-refractivity contribution in [2.24, 2.45) is 0 Å². The van der Waals surface area contributed by atoms with E-state index in [1.807, 2.05) is 12.1 Å². The molecule has 0 radical (unpaired) electrons. The maximum atomic E-state index is 13.8. The molecule has 0 aliphatic heterocycles. The Balaban J connectivity index is 0.00000300. The number of hydrogen-bond donors (Lipinski definition) is 1. The number of allylic oxidation sites excluding steroid dienone is 1. The highest BCUT2D eigenvalue weighted by molar-refractivity contribution is 6.32. The van der Waals surface area contributed by atoms with E-state index in [0.717, 1.165) is 18.5 Å². The van der Waals surface area contributed by atoms with Crippen LogP contribution in [0, 0.1) is 5.82 Å². The van der Waals surface area contributed by atoms with Gasteiger partial charge in [-0.25, -0.2) is 4.39 Å². The summed E-state index contributed by atoms with van der Waals surface area (Å²) in [6.07, 6.45) is 8.56. The second-order valence-electron chi connectivity index (χ2n) is 7.02. The van der Waals surface area contributed by atoms with Crippen LogP contribution in [0.3, 0.4) is 0 Å². The Morgan fingerprint density at radius 1 is 1.17 bits per heavy atom. The molecule has 0 bridgehead atoms. The minimum Gasteiger partial charge on any atom is -0.493 e. The largest absolute Gasteiger partial charge is 0.493 e. The van der Waals surface area contributed by atoms with Crippen molar-refractivity contribution in [3.63, 3.8) is 0 Å².